The Morgan fingerprint density at radius 1 is 1.00 bits per heavy atom. The van der Waals surface area contributed by atoms with E-state index in [1.54, 1.807) is 0 Å². The fourth-order valence-corrected chi connectivity index (χ4v) is 4.34. The Labute approximate surface area is 166 Å². The summed E-state index contributed by atoms with van der Waals surface area (Å²) in [4.78, 5) is 17.3. The van der Waals surface area contributed by atoms with Crippen molar-refractivity contribution >= 4 is 5.91 Å². The minimum absolute atomic E-state index is 0.0687. The number of benzene rings is 1. The molecule has 1 aromatic carbocycles. The van der Waals surface area contributed by atoms with Gasteiger partial charge in [-0.25, -0.2) is 0 Å². The summed E-state index contributed by atoms with van der Waals surface area (Å²) in [7, 11) is 0. The van der Waals surface area contributed by atoms with Crippen LogP contribution in [-0.2, 0) is 4.79 Å². The maximum absolute atomic E-state index is 12.9. The highest BCUT2D eigenvalue weighted by molar-refractivity contribution is 5.79. The number of nitrogens with zero attached hydrogens (tertiary/aromatic N) is 4. The van der Waals surface area contributed by atoms with Crippen molar-refractivity contribution in [2.45, 2.75) is 51.5 Å². The second-order valence-corrected chi connectivity index (χ2v) is 8.04. The van der Waals surface area contributed by atoms with Gasteiger partial charge in [0, 0.05) is 24.6 Å². The zero-order chi connectivity index (χ0) is 19.3. The summed E-state index contributed by atoms with van der Waals surface area (Å²) in [6, 6.07) is 9.92. The molecule has 0 aliphatic carbocycles. The molecular formula is C22H30N4O2. The number of carbonyl (C=O) groups excluding carboxylic acids is 1. The third-order valence-electron chi connectivity index (χ3n) is 6.16. The van der Waals surface area contributed by atoms with E-state index in [0.717, 1.165) is 57.4 Å². The third kappa shape index (κ3) is 4.27. The van der Waals surface area contributed by atoms with Gasteiger partial charge < -0.3 is 9.32 Å². The molecule has 1 unspecified atom stereocenters. The predicted molar refractivity (Wildman–Crippen MR) is 107 cm³/mol. The Hall–Kier alpha value is -2.21. The summed E-state index contributed by atoms with van der Waals surface area (Å²) >= 11 is 0. The first-order valence-electron chi connectivity index (χ1n) is 10.6. The molecule has 6 heteroatoms. The van der Waals surface area contributed by atoms with Crippen LogP contribution in [-0.4, -0.2) is 52.1 Å². The number of aromatic nitrogens is 2. The molecule has 1 atom stereocenters. The average molecular weight is 383 g/mol. The lowest BCUT2D eigenvalue weighted by atomic mass is 9.94. The molecule has 0 spiro atoms. The van der Waals surface area contributed by atoms with E-state index in [1.807, 2.05) is 30.3 Å². The van der Waals surface area contributed by atoms with Crippen LogP contribution in [0.2, 0.25) is 0 Å². The summed E-state index contributed by atoms with van der Waals surface area (Å²) in [5.41, 5.74) is 0.940. The highest BCUT2D eigenvalue weighted by atomic mass is 16.4. The van der Waals surface area contributed by atoms with E-state index in [2.05, 4.69) is 26.9 Å². The number of amides is 1. The van der Waals surface area contributed by atoms with E-state index >= 15 is 0 Å². The largest absolute Gasteiger partial charge is 0.419 e. The second kappa shape index (κ2) is 8.86. The molecule has 4 rings (SSSR count). The monoisotopic (exact) mass is 382 g/mol. The minimum Gasteiger partial charge on any atom is -0.419 e. The van der Waals surface area contributed by atoms with Gasteiger partial charge in [0.15, 0.2) is 0 Å². The van der Waals surface area contributed by atoms with E-state index < -0.39 is 0 Å². The molecule has 1 aromatic heterocycles. The second-order valence-electron chi connectivity index (χ2n) is 8.04. The van der Waals surface area contributed by atoms with Crippen molar-refractivity contribution in [3.63, 3.8) is 0 Å². The summed E-state index contributed by atoms with van der Waals surface area (Å²) in [5, 5.41) is 8.48. The number of carbonyl (C=O) groups is 1. The average Bonchev–Trinajstić information content (AvgIpc) is 3.09. The van der Waals surface area contributed by atoms with Gasteiger partial charge in [0.25, 0.3) is 0 Å². The third-order valence-corrected chi connectivity index (χ3v) is 6.16. The Kier molecular flexibility index (Phi) is 6.05. The van der Waals surface area contributed by atoms with Crippen LogP contribution < -0.4 is 0 Å². The molecule has 150 valence electrons. The van der Waals surface area contributed by atoms with Gasteiger partial charge in [0.1, 0.15) is 0 Å². The SMILES string of the molecule is CC(c1nnc(-c2ccccc2)o1)N1CCC(C(=O)N2CCCCCC2)CC1. The van der Waals surface area contributed by atoms with E-state index in [0.29, 0.717) is 17.7 Å². The van der Waals surface area contributed by atoms with Crippen LogP contribution in [0, 0.1) is 5.92 Å². The molecule has 3 heterocycles. The van der Waals surface area contributed by atoms with E-state index in [1.165, 1.54) is 12.8 Å². The lowest BCUT2D eigenvalue weighted by molar-refractivity contribution is -0.137. The van der Waals surface area contributed by atoms with Gasteiger partial charge in [-0.3, -0.25) is 9.69 Å². The molecule has 0 saturated carbocycles. The van der Waals surface area contributed by atoms with Gasteiger partial charge in [-0.1, -0.05) is 31.0 Å². The molecule has 6 nitrogen and oxygen atoms in total. The molecule has 0 bridgehead atoms. The standard InChI is InChI=1S/C22H30N4O2/c1-17(20-23-24-21(28-20)18-9-5-4-6-10-18)25-15-11-19(12-16-25)22(27)26-13-7-2-3-8-14-26/h4-6,9-10,17,19H,2-3,7-8,11-16H2,1H3. The van der Waals surface area contributed by atoms with Crippen molar-refractivity contribution in [3.05, 3.63) is 36.2 Å². The Balaban J connectivity index is 1.33. The smallest absolute Gasteiger partial charge is 0.247 e. The predicted octanol–water partition coefficient (Wildman–Crippen LogP) is 3.91. The highest BCUT2D eigenvalue weighted by Crippen LogP contribution is 2.29. The number of hydrogen-bond donors (Lipinski definition) is 0. The van der Waals surface area contributed by atoms with E-state index in [4.69, 9.17) is 4.42 Å². The molecule has 0 radical (unpaired) electrons. The Morgan fingerprint density at radius 3 is 2.36 bits per heavy atom. The number of likely N-dealkylation sites (tertiary alicyclic amines) is 2. The van der Waals surface area contributed by atoms with Crippen molar-refractivity contribution in [2.24, 2.45) is 5.92 Å². The lowest BCUT2D eigenvalue weighted by Crippen LogP contribution is -2.43. The van der Waals surface area contributed by atoms with Crippen LogP contribution in [0.4, 0.5) is 0 Å². The lowest BCUT2D eigenvalue weighted by Gasteiger charge is -2.36. The zero-order valence-corrected chi connectivity index (χ0v) is 16.7. The zero-order valence-electron chi connectivity index (χ0n) is 16.7. The Morgan fingerprint density at radius 2 is 1.68 bits per heavy atom. The maximum atomic E-state index is 12.9. The summed E-state index contributed by atoms with van der Waals surface area (Å²) in [5.74, 6) is 1.76. The summed E-state index contributed by atoms with van der Waals surface area (Å²) in [6.07, 6.45) is 6.66. The van der Waals surface area contributed by atoms with Crippen LogP contribution in [0.25, 0.3) is 11.5 Å². The van der Waals surface area contributed by atoms with Crippen LogP contribution in [0.1, 0.15) is 57.4 Å². The fourth-order valence-electron chi connectivity index (χ4n) is 4.34. The quantitative estimate of drug-likeness (QED) is 0.802. The van der Waals surface area contributed by atoms with Crippen LogP contribution >= 0.6 is 0 Å². The molecular weight excluding hydrogens is 352 g/mol. The number of piperidine rings is 1. The highest BCUT2D eigenvalue weighted by Gasteiger charge is 2.32. The van der Waals surface area contributed by atoms with E-state index in [9.17, 15) is 4.79 Å². The van der Waals surface area contributed by atoms with Crippen molar-refractivity contribution in [1.82, 2.24) is 20.0 Å². The fraction of sp³-hybridized carbons (Fsp3) is 0.591. The van der Waals surface area contributed by atoms with Gasteiger partial charge >= 0.3 is 0 Å². The molecule has 1 amide bonds. The van der Waals surface area contributed by atoms with Gasteiger partial charge in [0.2, 0.25) is 17.7 Å². The van der Waals surface area contributed by atoms with Gasteiger partial charge in [-0.2, -0.15) is 0 Å². The molecule has 2 fully saturated rings. The summed E-state index contributed by atoms with van der Waals surface area (Å²) < 4.78 is 5.93. The van der Waals surface area contributed by atoms with Gasteiger partial charge in [-0.15, -0.1) is 10.2 Å². The van der Waals surface area contributed by atoms with Crippen LogP contribution in [0.5, 0.6) is 0 Å². The number of rotatable bonds is 4. The van der Waals surface area contributed by atoms with Crippen molar-refractivity contribution in [3.8, 4) is 11.5 Å². The molecule has 0 N–H and O–H groups in total. The van der Waals surface area contributed by atoms with E-state index in [-0.39, 0.29) is 12.0 Å². The van der Waals surface area contributed by atoms with Crippen LogP contribution in [0.15, 0.2) is 34.7 Å². The minimum atomic E-state index is 0.0687. The Bertz CT molecular complexity index is 760. The molecule has 2 saturated heterocycles. The van der Waals surface area contributed by atoms with Crippen LogP contribution in [0.3, 0.4) is 0 Å². The molecule has 28 heavy (non-hydrogen) atoms. The molecule has 2 aliphatic rings. The maximum Gasteiger partial charge on any atom is 0.247 e. The summed E-state index contributed by atoms with van der Waals surface area (Å²) in [6.45, 7) is 5.79. The van der Waals surface area contributed by atoms with Crippen molar-refractivity contribution in [2.75, 3.05) is 26.2 Å². The topological polar surface area (TPSA) is 62.5 Å². The molecule has 2 aromatic rings. The van der Waals surface area contributed by atoms with Crippen molar-refractivity contribution < 1.29 is 9.21 Å². The number of hydrogen-bond acceptors (Lipinski definition) is 5. The first-order chi connectivity index (χ1) is 13.7. The van der Waals surface area contributed by atoms with Gasteiger partial charge in [-0.05, 0) is 57.8 Å². The van der Waals surface area contributed by atoms with Crippen molar-refractivity contribution in [1.29, 1.82) is 0 Å². The van der Waals surface area contributed by atoms with Gasteiger partial charge in [0.05, 0.1) is 6.04 Å². The molecule has 2 aliphatic heterocycles. The first-order valence-corrected chi connectivity index (χ1v) is 10.6. The normalized spacial score (nSPS) is 20.7. The first kappa shape index (κ1) is 19.1.